The van der Waals surface area contributed by atoms with Crippen molar-refractivity contribution in [1.82, 2.24) is 10.3 Å². The highest BCUT2D eigenvalue weighted by atomic mass is 32.1. The van der Waals surface area contributed by atoms with E-state index in [1.165, 1.54) is 18.3 Å². The van der Waals surface area contributed by atoms with Gasteiger partial charge in [-0.3, -0.25) is 9.59 Å². The average Bonchev–Trinajstić information content (AvgIpc) is 3.06. The minimum atomic E-state index is -0.136. The molecule has 0 saturated carbocycles. The second kappa shape index (κ2) is 9.32. The number of carbonyl (C=O) groups is 2. The summed E-state index contributed by atoms with van der Waals surface area (Å²) in [4.78, 5) is 27.7. The van der Waals surface area contributed by atoms with Crippen molar-refractivity contribution >= 4 is 38.5 Å². The average molecular weight is 398 g/mol. The van der Waals surface area contributed by atoms with E-state index < -0.39 is 0 Å². The van der Waals surface area contributed by atoms with Crippen LogP contribution < -0.4 is 15.4 Å². The van der Waals surface area contributed by atoms with E-state index in [4.69, 9.17) is 4.74 Å². The number of carbonyl (C=O) groups excluding carboxylic acids is 2. The number of hydrogen-bond donors (Lipinski definition) is 2. The fourth-order valence-corrected chi connectivity index (χ4v) is 3.72. The summed E-state index contributed by atoms with van der Waals surface area (Å²) in [5, 5.41) is 6.24. The standard InChI is InChI=1S/C21H23N3O3S/c1-3-27-17-8-4-16(5-9-17)13-22-20(26)11-7-15-6-10-18-19(12-15)28-21(24-18)23-14(2)25/h4-6,8-10,12H,3,7,11,13H2,1-2H3,(H,22,26)(H,23,24,25). The molecule has 28 heavy (non-hydrogen) atoms. The minimum Gasteiger partial charge on any atom is -0.494 e. The Balaban J connectivity index is 1.50. The fraction of sp³-hybridized carbons (Fsp3) is 0.286. The van der Waals surface area contributed by atoms with E-state index in [0.29, 0.717) is 31.1 Å². The maximum Gasteiger partial charge on any atom is 0.223 e. The Hall–Kier alpha value is -2.93. The highest BCUT2D eigenvalue weighted by Gasteiger charge is 2.08. The van der Waals surface area contributed by atoms with Crippen molar-refractivity contribution in [3.63, 3.8) is 0 Å². The molecule has 0 bridgehead atoms. The first-order valence-corrected chi connectivity index (χ1v) is 10.0. The summed E-state index contributed by atoms with van der Waals surface area (Å²) in [6, 6.07) is 13.6. The number of amides is 2. The van der Waals surface area contributed by atoms with Crippen LogP contribution in [0.4, 0.5) is 5.13 Å². The molecular weight excluding hydrogens is 374 g/mol. The van der Waals surface area contributed by atoms with E-state index in [0.717, 1.165) is 27.1 Å². The van der Waals surface area contributed by atoms with Gasteiger partial charge in [-0.25, -0.2) is 4.98 Å². The van der Waals surface area contributed by atoms with E-state index in [1.54, 1.807) is 0 Å². The normalized spacial score (nSPS) is 10.6. The number of benzene rings is 2. The van der Waals surface area contributed by atoms with Gasteiger partial charge in [-0.1, -0.05) is 29.5 Å². The molecule has 146 valence electrons. The van der Waals surface area contributed by atoms with Gasteiger partial charge in [0.05, 0.1) is 16.8 Å². The molecule has 7 heteroatoms. The molecule has 2 amide bonds. The third-order valence-electron chi connectivity index (χ3n) is 4.10. The number of nitrogens with zero attached hydrogens (tertiary/aromatic N) is 1. The molecule has 0 atom stereocenters. The number of ether oxygens (including phenoxy) is 1. The number of hydrogen-bond acceptors (Lipinski definition) is 5. The molecule has 0 aliphatic heterocycles. The molecule has 0 unspecified atom stereocenters. The van der Waals surface area contributed by atoms with Gasteiger partial charge in [0, 0.05) is 19.9 Å². The molecule has 0 spiro atoms. The second-order valence-electron chi connectivity index (χ2n) is 6.36. The quantitative estimate of drug-likeness (QED) is 0.604. The Morgan fingerprint density at radius 2 is 1.86 bits per heavy atom. The van der Waals surface area contributed by atoms with Crippen LogP contribution in [0, 0.1) is 0 Å². The molecule has 1 heterocycles. The lowest BCUT2D eigenvalue weighted by molar-refractivity contribution is -0.121. The van der Waals surface area contributed by atoms with Crippen LogP contribution in [0.2, 0.25) is 0 Å². The van der Waals surface area contributed by atoms with Gasteiger partial charge in [0.25, 0.3) is 0 Å². The molecule has 0 fully saturated rings. The first-order chi connectivity index (χ1) is 13.5. The molecule has 0 aliphatic carbocycles. The Bertz CT molecular complexity index is 967. The topological polar surface area (TPSA) is 80.3 Å². The molecule has 6 nitrogen and oxygen atoms in total. The predicted molar refractivity (Wildman–Crippen MR) is 112 cm³/mol. The van der Waals surface area contributed by atoms with E-state index in [-0.39, 0.29) is 11.8 Å². The number of thiazole rings is 1. The molecule has 1 aromatic heterocycles. The van der Waals surface area contributed by atoms with Crippen LogP contribution in [0.15, 0.2) is 42.5 Å². The van der Waals surface area contributed by atoms with Gasteiger partial charge in [-0.2, -0.15) is 0 Å². The SMILES string of the molecule is CCOc1ccc(CNC(=O)CCc2ccc3nc(NC(C)=O)sc3c2)cc1. The maximum atomic E-state index is 12.2. The monoisotopic (exact) mass is 397 g/mol. The van der Waals surface area contributed by atoms with Crippen LogP contribution in [0.5, 0.6) is 5.75 Å². The minimum absolute atomic E-state index is 0.0113. The third-order valence-corrected chi connectivity index (χ3v) is 5.03. The molecular formula is C21H23N3O3S. The number of anilines is 1. The summed E-state index contributed by atoms with van der Waals surface area (Å²) in [6.07, 6.45) is 1.07. The Labute approximate surface area is 167 Å². The molecule has 0 saturated heterocycles. The molecule has 3 aromatic rings. The van der Waals surface area contributed by atoms with Gasteiger partial charge >= 0.3 is 0 Å². The van der Waals surface area contributed by atoms with Crippen molar-refractivity contribution in [3.8, 4) is 5.75 Å². The van der Waals surface area contributed by atoms with Crippen LogP contribution in [0.3, 0.4) is 0 Å². The summed E-state index contributed by atoms with van der Waals surface area (Å²) < 4.78 is 6.41. The third kappa shape index (κ3) is 5.53. The maximum absolute atomic E-state index is 12.2. The fourth-order valence-electron chi connectivity index (χ4n) is 2.75. The Morgan fingerprint density at radius 1 is 1.11 bits per heavy atom. The molecule has 0 aliphatic rings. The van der Waals surface area contributed by atoms with Crippen molar-refractivity contribution in [3.05, 3.63) is 53.6 Å². The first kappa shape index (κ1) is 19.8. The van der Waals surface area contributed by atoms with Crippen LogP contribution in [0.1, 0.15) is 31.4 Å². The molecule has 2 aromatic carbocycles. The smallest absolute Gasteiger partial charge is 0.223 e. The molecule has 0 radical (unpaired) electrons. The first-order valence-electron chi connectivity index (χ1n) is 9.19. The van der Waals surface area contributed by atoms with Crippen molar-refractivity contribution < 1.29 is 14.3 Å². The van der Waals surface area contributed by atoms with Crippen LogP contribution >= 0.6 is 11.3 Å². The van der Waals surface area contributed by atoms with E-state index in [2.05, 4.69) is 15.6 Å². The molecule has 2 N–H and O–H groups in total. The lowest BCUT2D eigenvalue weighted by atomic mass is 10.1. The number of aryl methyl sites for hydroxylation is 1. The van der Waals surface area contributed by atoms with Crippen molar-refractivity contribution in [2.75, 3.05) is 11.9 Å². The van der Waals surface area contributed by atoms with Gasteiger partial charge in [-0.15, -0.1) is 0 Å². The zero-order valence-corrected chi connectivity index (χ0v) is 16.8. The second-order valence-corrected chi connectivity index (χ2v) is 7.39. The Kier molecular flexibility index (Phi) is 6.60. The highest BCUT2D eigenvalue weighted by Crippen LogP contribution is 2.27. The van der Waals surface area contributed by atoms with E-state index in [9.17, 15) is 9.59 Å². The number of nitrogens with one attached hydrogen (secondary N) is 2. The Morgan fingerprint density at radius 3 is 2.57 bits per heavy atom. The largest absolute Gasteiger partial charge is 0.494 e. The zero-order valence-electron chi connectivity index (χ0n) is 16.0. The van der Waals surface area contributed by atoms with Gasteiger partial charge in [-0.05, 0) is 48.7 Å². The van der Waals surface area contributed by atoms with Gasteiger partial charge in [0.15, 0.2) is 5.13 Å². The summed E-state index contributed by atoms with van der Waals surface area (Å²) in [7, 11) is 0. The summed E-state index contributed by atoms with van der Waals surface area (Å²) >= 11 is 1.43. The molecule has 3 rings (SSSR count). The number of fused-ring (bicyclic) bond motifs is 1. The van der Waals surface area contributed by atoms with Crippen molar-refractivity contribution in [1.29, 1.82) is 0 Å². The van der Waals surface area contributed by atoms with Gasteiger partial charge < -0.3 is 15.4 Å². The van der Waals surface area contributed by atoms with E-state index in [1.807, 2.05) is 49.4 Å². The number of rotatable bonds is 8. The van der Waals surface area contributed by atoms with Crippen molar-refractivity contribution in [2.45, 2.75) is 33.2 Å². The lowest BCUT2D eigenvalue weighted by Gasteiger charge is -2.07. The predicted octanol–water partition coefficient (Wildman–Crippen LogP) is 3.90. The lowest BCUT2D eigenvalue weighted by Crippen LogP contribution is -2.22. The van der Waals surface area contributed by atoms with Gasteiger partial charge in [0.1, 0.15) is 5.75 Å². The van der Waals surface area contributed by atoms with Crippen molar-refractivity contribution in [2.24, 2.45) is 0 Å². The summed E-state index contributed by atoms with van der Waals surface area (Å²) in [6.45, 7) is 4.55. The van der Waals surface area contributed by atoms with Crippen LogP contribution in [-0.2, 0) is 22.6 Å². The number of aromatic nitrogens is 1. The van der Waals surface area contributed by atoms with E-state index >= 15 is 0 Å². The van der Waals surface area contributed by atoms with Crippen LogP contribution in [-0.4, -0.2) is 23.4 Å². The van der Waals surface area contributed by atoms with Gasteiger partial charge in [0.2, 0.25) is 11.8 Å². The van der Waals surface area contributed by atoms with Crippen LogP contribution in [0.25, 0.3) is 10.2 Å². The summed E-state index contributed by atoms with van der Waals surface area (Å²) in [5.41, 5.74) is 2.95. The highest BCUT2D eigenvalue weighted by molar-refractivity contribution is 7.22. The zero-order chi connectivity index (χ0) is 19.9. The summed E-state index contributed by atoms with van der Waals surface area (Å²) in [5.74, 6) is 0.707.